The summed E-state index contributed by atoms with van der Waals surface area (Å²) in [5.41, 5.74) is -0.0407. The molecule has 3 atom stereocenters. The van der Waals surface area contributed by atoms with Gasteiger partial charge in [0, 0.05) is 12.7 Å². The molecule has 0 aromatic rings. The molecule has 0 radical (unpaired) electrons. The van der Waals surface area contributed by atoms with Crippen molar-refractivity contribution in [2.24, 2.45) is 5.16 Å². The van der Waals surface area contributed by atoms with E-state index >= 15 is 0 Å². The number of carboxylic acid groups (broad SMARTS) is 1. The molecule has 2 N–H and O–H groups in total. The Morgan fingerprint density at radius 2 is 2.13 bits per heavy atom. The first-order chi connectivity index (χ1) is 10.8. The van der Waals surface area contributed by atoms with Crippen molar-refractivity contribution in [3.63, 3.8) is 0 Å². The van der Waals surface area contributed by atoms with Gasteiger partial charge in [-0.3, -0.25) is 14.4 Å². The lowest BCUT2D eigenvalue weighted by atomic mass is 9.98. The summed E-state index contributed by atoms with van der Waals surface area (Å²) >= 11 is 1.30. The van der Waals surface area contributed by atoms with Crippen LogP contribution in [0.5, 0.6) is 0 Å². The number of hydrogen-bond acceptors (Lipinski definition) is 7. The summed E-state index contributed by atoms with van der Waals surface area (Å²) in [6.07, 6.45) is 0. The summed E-state index contributed by atoms with van der Waals surface area (Å²) in [5, 5.41) is 14.4. The molecule has 0 aromatic carbocycles. The topological polar surface area (TPSA) is 125 Å². The molecule has 2 aliphatic rings. The number of β-lactam (4-membered cyclic amide) rings is 1. The lowest BCUT2D eigenvalue weighted by Gasteiger charge is -2.52. The molecule has 23 heavy (non-hydrogen) atoms. The lowest BCUT2D eigenvalue weighted by Crippen LogP contribution is -2.75. The fraction of sp³-hybridized carbons (Fsp3) is 0.462. The number of amides is 2. The van der Waals surface area contributed by atoms with Crippen molar-refractivity contribution < 1.29 is 29.1 Å². The number of nitrogens with one attached hydrogen (secondary N) is 1. The standard InChI is InChI=1S/C13H15N3O6S/c1-5-4-23-12-8(11(19)16(12)9(5)13(20)21)14-10(18)7(6(2)17)15-22-3/h8-9,12H,1,4H2,2-3H3,(H,14,18)(H,20,21)/t8?,9?,12-/m1/s1. The Hall–Kier alpha value is -2.36. The highest BCUT2D eigenvalue weighted by atomic mass is 32.2. The molecule has 2 aliphatic heterocycles. The SMILES string of the molecule is C=C1CS[C@@H]2C(NC(=O)C(=NOC)C(C)=O)C(=O)N2C1C(=O)O. The molecule has 0 spiro atoms. The Bertz CT molecular complexity index is 631. The summed E-state index contributed by atoms with van der Waals surface area (Å²) in [4.78, 5) is 52.4. The maximum atomic E-state index is 12.2. The van der Waals surface area contributed by atoms with Crippen LogP contribution in [-0.2, 0) is 24.0 Å². The van der Waals surface area contributed by atoms with Gasteiger partial charge in [-0.25, -0.2) is 4.79 Å². The number of ketones is 1. The number of carboxylic acids is 1. The minimum absolute atomic E-state index is 0.365. The molecule has 0 aliphatic carbocycles. The van der Waals surface area contributed by atoms with Crippen molar-refractivity contribution in [1.82, 2.24) is 10.2 Å². The Kier molecular flexibility index (Phi) is 4.73. The molecule has 0 aromatic heterocycles. The van der Waals surface area contributed by atoms with Gasteiger partial charge in [-0.15, -0.1) is 11.8 Å². The third-order valence-corrected chi connectivity index (χ3v) is 4.81. The number of thioether (sulfide) groups is 1. The molecular formula is C13H15N3O6S. The van der Waals surface area contributed by atoms with Crippen LogP contribution in [-0.4, -0.2) is 69.6 Å². The van der Waals surface area contributed by atoms with E-state index in [1.807, 2.05) is 0 Å². The van der Waals surface area contributed by atoms with Crippen LogP contribution in [0.3, 0.4) is 0 Å². The summed E-state index contributed by atoms with van der Waals surface area (Å²) in [5.74, 6) is -2.78. The summed E-state index contributed by atoms with van der Waals surface area (Å²) in [7, 11) is 1.19. The van der Waals surface area contributed by atoms with Crippen LogP contribution < -0.4 is 5.32 Å². The smallest absolute Gasteiger partial charge is 0.330 e. The molecule has 2 amide bonds. The van der Waals surface area contributed by atoms with Gasteiger partial charge >= 0.3 is 5.97 Å². The quantitative estimate of drug-likeness (QED) is 0.216. The van der Waals surface area contributed by atoms with E-state index in [-0.39, 0.29) is 0 Å². The van der Waals surface area contributed by atoms with Crippen LogP contribution in [0.4, 0.5) is 0 Å². The molecule has 124 valence electrons. The van der Waals surface area contributed by atoms with E-state index in [0.29, 0.717) is 11.3 Å². The van der Waals surface area contributed by atoms with Gasteiger partial charge in [0.1, 0.15) is 18.5 Å². The van der Waals surface area contributed by atoms with Crippen molar-refractivity contribution in [2.75, 3.05) is 12.9 Å². The molecule has 2 saturated heterocycles. The minimum atomic E-state index is -1.16. The first-order valence-electron chi connectivity index (χ1n) is 6.56. The summed E-state index contributed by atoms with van der Waals surface area (Å²) < 4.78 is 0. The van der Waals surface area contributed by atoms with Crippen molar-refractivity contribution in [2.45, 2.75) is 24.4 Å². The molecule has 0 bridgehead atoms. The number of nitrogens with zero attached hydrogens (tertiary/aromatic N) is 2. The predicted molar refractivity (Wildman–Crippen MR) is 80.7 cm³/mol. The zero-order valence-electron chi connectivity index (χ0n) is 12.4. The minimum Gasteiger partial charge on any atom is -0.479 e. The fourth-order valence-electron chi connectivity index (χ4n) is 2.40. The van der Waals surface area contributed by atoms with E-state index in [1.165, 1.54) is 23.8 Å². The predicted octanol–water partition coefficient (Wildman–Crippen LogP) is -1.01. The Labute approximate surface area is 135 Å². The first-order valence-corrected chi connectivity index (χ1v) is 7.61. The Morgan fingerprint density at radius 3 is 2.65 bits per heavy atom. The average Bonchev–Trinajstić information content (AvgIpc) is 2.48. The largest absolute Gasteiger partial charge is 0.479 e. The number of aliphatic carboxylic acids is 1. The molecule has 9 nitrogen and oxygen atoms in total. The number of oxime groups is 1. The normalized spacial score (nSPS) is 27.0. The molecular weight excluding hydrogens is 326 g/mol. The van der Waals surface area contributed by atoms with Crippen molar-refractivity contribution >= 4 is 41.0 Å². The Morgan fingerprint density at radius 1 is 1.48 bits per heavy atom. The summed E-state index contributed by atoms with van der Waals surface area (Å²) in [6.45, 7) is 4.81. The highest BCUT2D eigenvalue weighted by Crippen LogP contribution is 2.39. The van der Waals surface area contributed by atoms with Gasteiger partial charge in [-0.1, -0.05) is 11.7 Å². The van der Waals surface area contributed by atoms with Crippen LogP contribution >= 0.6 is 11.8 Å². The van der Waals surface area contributed by atoms with Crippen molar-refractivity contribution in [3.05, 3.63) is 12.2 Å². The van der Waals surface area contributed by atoms with E-state index in [1.54, 1.807) is 0 Å². The van der Waals surface area contributed by atoms with E-state index in [9.17, 15) is 24.3 Å². The van der Waals surface area contributed by atoms with Gasteiger partial charge in [0.2, 0.25) is 11.6 Å². The zero-order valence-corrected chi connectivity index (χ0v) is 13.3. The maximum Gasteiger partial charge on any atom is 0.330 e. The average molecular weight is 341 g/mol. The second kappa shape index (κ2) is 6.41. The van der Waals surface area contributed by atoms with Crippen LogP contribution in [0.1, 0.15) is 6.92 Å². The van der Waals surface area contributed by atoms with Gasteiger partial charge in [0.05, 0.1) is 0 Å². The Balaban J connectivity index is 2.13. The molecule has 2 rings (SSSR count). The lowest BCUT2D eigenvalue weighted by molar-refractivity contribution is -0.159. The van der Waals surface area contributed by atoms with E-state index < -0.39 is 46.7 Å². The second-order valence-electron chi connectivity index (χ2n) is 4.98. The number of carbonyl (C=O) groups excluding carboxylic acids is 3. The fourth-order valence-corrected chi connectivity index (χ4v) is 3.70. The number of carbonyl (C=O) groups is 4. The zero-order chi connectivity index (χ0) is 17.3. The van der Waals surface area contributed by atoms with Crippen molar-refractivity contribution in [1.29, 1.82) is 0 Å². The van der Waals surface area contributed by atoms with Gasteiger partial charge in [-0.05, 0) is 5.57 Å². The third-order valence-electron chi connectivity index (χ3n) is 3.44. The molecule has 2 fully saturated rings. The number of fused-ring (bicyclic) bond motifs is 1. The van der Waals surface area contributed by atoms with Gasteiger partial charge in [0.15, 0.2) is 11.8 Å². The van der Waals surface area contributed by atoms with Crippen LogP contribution in [0, 0.1) is 0 Å². The number of rotatable bonds is 5. The maximum absolute atomic E-state index is 12.2. The van der Waals surface area contributed by atoms with Gasteiger partial charge < -0.3 is 20.2 Å². The molecule has 0 saturated carbocycles. The second-order valence-corrected chi connectivity index (χ2v) is 6.08. The monoisotopic (exact) mass is 341 g/mol. The van der Waals surface area contributed by atoms with Crippen LogP contribution in [0.25, 0.3) is 0 Å². The number of hydrogen-bond donors (Lipinski definition) is 2. The highest BCUT2D eigenvalue weighted by Gasteiger charge is 2.56. The van der Waals surface area contributed by atoms with Crippen LogP contribution in [0.2, 0.25) is 0 Å². The van der Waals surface area contributed by atoms with Crippen LogP contribution in [0.15, 0.2) is 17.3 Å². The molecule has 2 heterocycles. The van der Waals surface area contributed by atoms with E-state index in [0.717, 1.165) is 6.92 Å². The summed E-state index contributed by atoms with van der Waals surface area (Å²) in [6, 6.07) is -2.01. The molecule has 2 unspecified atom stereocenters. The van der Waals surface area contributed by atoms with E-state index in [2.05, 4.69) is 21.9 Å². The highest BCUT2D eigenvalue weighted by molar-refractivity contribution is 8.00. The number of Topliss-reactive ketones (excluding diaryl/α,β-unsaturated/α-hetero) is 1. The van der Waals surface area contributed by atoms with Gasteiger partial charge in [-0.2, -0.15) is 0 Å². The van der Waals surface area contributed by atoms with Gasteiger partial charge in [0.25, 0.3) is 5.91 Å². The third kappa shape index (κ3) is 2.93. The first kappa shape index (κ1) is 17.0. The van der Waals surface area contributed by atoms with E-state index in [4.69, 9.17) is 0 Å². The van der Waals surface area contributed by atoms with Crippen molar-refractivity contribution in [3.8, 4) is 0 Å². The molecule has 10 heteroatoms.